The lowest BCUT2D eigenvalue weighted by atomic mass is 9.37. The number of ether oxygens (including phenoxy) is 6. The van der Waals surface area contributed by atoms with Crippen LogP contribution in [0.25, 0.3) is 0 Å². The SMILES string of the molecule is CC1(C)CC[C@]2(C(=O)O[C@@H]3O[C@H](CO)[C@@H](O)[C@H](O)[C@H]3O)CCC3C(=CC[C@H]4[C@@]3(C)CCC3C(C)(C)C(O[C@@H]5O[C@H](C(=O)O)[C@@H](O)[C@H](O[C@@H]6O[C@H](CO)[C@@H](O)[C@H](O)[C@H]6O)[C@H]5O)CC[C@@]34C)[C@H]2C1. The fourth-order valence-electron chi connectivity index (χ4n) is 14.7. The molecule has 4 saturated carbocycles. The summed E-state index contributed by atoms with van der Waals surface area (Å²) in [6, 6.07) is 0. The number of carboxylic acids is 1. The summed E-state index contributed by atoms with van der Waals surface area (Å²) in [5.74, 6) is -1.64. The molecule has 7 fully saturated rings. The number of fused-ring (bicyclic) bond motifs is 7. The molecule has 11 N–H and O–H groups in total. The van der Waals surface area contributed by atoms with E-state index in [4.69, 9.17) is 28.4 Å². The molecule has 0 spiro atoms. The summed E-state index contributed by atoms with van der Waals surface area (Å²) in [6.07, 6.45) is -16.2. The van der Waals surface area contributed by atoms with Crippen molar-refractivity contribution in [3.8, 4) is 0 Å². The molecule has 3 aliphatic heterocycles. The van der Waals surface area contributed by atoms with Gasteiger partial charge < -0.3 is 84.6 Å². The third-order valence-corrected chi connectivity index (χ3v) is 18.5. The van der Waals surface area contributed by atoms with E-state index in [-0.39, 0.29) is 39.9 Å². The molecule has 3 saturated heterocycles. The highest BCUT2D eigenvalue weighted by molar-refractivity contribution is 5.79. The van der Waals surface area contributed by atoms with Crippen LogP contribution in [-0.4, -0.2) is 180 Å². The van der Waals surface area contributed by atoms with Gasteiger partial charge in [-0.1, -0.05) is 53.2 Å². The van der Waals surface area contributed by atoms with Crippen LogP contribution in [0, 0.1) is 50.7 Å². The molecule has 19 nitrogen and oxygen atoms in total. The third-order valence-electron chi connectivity index (χ3n) is 18.5. The number of rotatable bonds is 9. The third kappa shape index (κ3) is 8.10. The number of aliphatic hydroxyl groups is 10. The fourth-order valence-corrected chi connectivity index (χ4v) is 14.7. The molecular weight excluding hydrogens is 868 g/mol. The normalized spacial score (nSPS) is 52.1. The summed E-state index contributed by atoms with van der Waals surface area (Å²) in [4.78, 5) is 27.0. The first-order chi connectivity index (χ1) is 30.9. The monoisotopic (exact) mass is 942 g/mol. The molecule has 3 unspecified atom stereocenters. The van der Waals surface area contributed by atoms with Crippen molar-refractivity contribution in [3.05, 3.63) is 11.6 Å². The minimum Gasteiger partial charge on any atom is -0.479 e. The molecule has 23 atom stereocenters. The van der Waals surface area contributed by atoms with Gasteiger partial charge in [0.25, 0.3) is 0 Å². The van der Waals surface area contributed by atoms with Gasteiger partial charge >= 0.3 is 11.9 Å². The van der Waals surface area contributed by atoms with Gasteiger partial charge in [0.15, 0.2) is 18.7 Å². The summed E-state index contributed by atoms with van der Waals surface area (Å²) < 4.78 is 35.1. The Kier molecular flexibility index (Phi) is 13.8. The van der Waals surface area contributed by atoms with Crippen LogP contribution in [0.15, 0.2) is 11.6 Å². The van der Waals surface area contributed by atoms with Crippen LogP contribution in [0.2, 0.25) is 0 Å². The highest BCUT2D eigenvalue weighted by atomic mass is 16.7. The van der Waals surface area contributed by atoms with E-state index in [1.807, 2.05) is 0 Å². The predicted molar refractivity (Wildman–Crippen MR) is 226 cm³/mol. The molecule has 66 heavy (non-hydrogen) atoms. The van der Waals surface area contributed by atoms with Crippen LogP contribution < -0.4 is 0 Å². The molecule has 0 radical (unpaired) electrons. The lowest BCUT2D eigenvalue weighted by Gasteiger charge is -2.68. The van der Waals surface area contributed by atoms with E-state index in [2.05, 4.69) is 47.6 Å². The molecule has 0 amide bonds. The van der Waals surface area contributed by atoms with E-state index in [0.29, 0.717) is 19.3 Å². The van der Waals surface area contributed by atoms with Gasteiger partial charge in [-0.05, 0) is 110 Å². The Labute approximate surface area is 385 Å². The van der Waals surface area contributed by atoms with Crippen LogP contribution in [-0.2, 0) is 38.0 Å². The fraction of sp³-hybridized carbons (Fsp3) is 0.915. The number of aliphatic carboxylic acids is 1. The molecule has 0 bridgehead atoms. The standard InChI is InChI=1S/C47H74O19/c1-43(2)15-16-47(42(60)66-40-33(55)31(53)29(51)24(19-49)62-40)14-9-21-20(22(47)17-43)7-8-26-45(21,5)12-10-25-44(3,4)27(11-13-46(25,26)6)63-41-35(57)36(34(56)37(65-41)38(58)59)64-39-32(54)30(52)28(50)23(18-48)61-39/h7,21-37,39-41,48-57H,8-19H2,1-6H3,(H,58,59)/t21?,22-,23-,24-,25?,26+,27?,28-,29-,30+,31+,32-,33-,34+,35-,36+,37+,39+,40+,41-,45+,46+,47-/m1/s1. The Morgan fingerprint density at radius 1 is 0.621 bits per heavy atom. The summed E-state index contributed by atoms with van der Waals surface area (Å²) in [7, 11) is 0. The van der Waals surface area contributed by atoms with Crippen molar-refractivity contribution in [2.75, 3.05) is 13.2 Å². The van der Waals surface area contributed by atoms with Gasteiger partial charge in [0, 0.05) is 0 Å². The Morgan fingerprint density at radius 2 is 1.21 bits per heavy atom. The zero-order valence-corrected chi connectivity index (χ0v) is 38.8. The van der Waals surface area contributed by atoms with E-state index >= 15 is 0 Å². The average molecular weight is 943 g/mol. The van der Waals surface area contributed by atoms with Crippen molar-refractivity contribution < 1.29 is 94.2 Å². The van der Waals surface area contributed by atoms with Crippen molar-refractivity contribution in [1.82, 2.24) is 0 Å². The quantitative estimate of drug-likeness (QED) is 0.0813. The average Bonchev–Trinajstić information content (AvgIpc) is 3.26. The van der Waals surface area contributed by atoms with E-state index < -0.39 is 134 Å². The van der Waals surface area contributed by atoms with Crippen LogP contribution in [0.4, 0.5) is 0 Å². The summed E-state index contributed by atoms with van der Waals surface area (Å²) in [5, 5.41) is 115. The van der Waals surface area contributed by atoms with E-state index in [1.54, 1.807) is 0 Å². The van der Waals surface area contributed by atoms with Crippen LogP contribution in [0.3, 0.4) is 0 Å². The van der Waals surface area contributed by atoms with Gasteiger partial charge in [0.1, 0.15) is 67.1 Å². The number of hydrogen-bond acceptors (Lipinski definition) is 18. The second-order valence-corrected chi connectivity index (χ2v) is 22.9. The van der Waals surface area contributed by atoms with E-state index in [9.17, 15) is 65.8 Å². The Balaban J connectivity index is 1.01. The molecular formula is C47H74O19. The smallest absolute Gasteiger partial charge is 0.335 e. The Bertz CT molecular complexity index is 1820. The number of aliphatic hydroxyl groups excluding tert-OH is 10. The van der Waals surface area contributed by atoms with Crippen molar-refractivity contribution in [3.63, 3.8) is 0 Å². The summed E-state index contributed by atoms with van der Waals surface area (Å²) >= 11 is 0. The number of allylic oxidation sites excluding steroid dienone is 2. The van der Waals surface area contributed by atoms with E-state index in [1.165, 1.54) is 5.57 Å². The lowest BCUT2D eigenvalue weighted by molar-refractivity contribution is -0.365. The molecule has 5 aliphatic carbocycles. The Morgan fingerprint density at radius 3 is 1.83 bits per heavy atom. The molecule has 376 valence electrons. The van der Waals surface area contributed by atoms with Gasteiger partial charge in [0.2, 0.25) is 6.29 Å². The maximum Gasteiger partial charge on any atom is 0.335 e. The zero-order valence-electron chi connectivity index (χ0n) is 38.8. The summed E-state index contributed by atoms with van der Waals surface area (Å²) in [6.45, 7) is 12.1. The van der Waals surface area contributed by atoms with Crippen LogP contribution >= 0.6 is 0 Å². The van der Waals surface area contributed by atoms with Gasteiger partial charge in [-0.2, -0.15) is 0 Å². The van der Waals surface area contributed by atoms with Gasteiger partial charge in [0.05, 0.1) is 24.7 Å². The van der Waals surface area contributed by atoms with Crippen LogP contribution in [0.1, 0.15) is 106 Å². The highest BCUT2D eigenvalue weighted by Crippen LogP contribution is 2.72. The van der Waals surface area contributed by atoms with Gasteiger partial charge in [-0.25, -0.2) is 4.79 Å². The highest BCUT2D eigenvalue weighted by Gasteiger charge is 2.67. The number of hydrogen-bond donors (Lipinski definition) is 11. The first-order valence-electron chi connectivity index (χ1n) is 23.9. The van der Waals surface area contributed by atoms with Crippen molar-refractivity contribution in [1.29, 1.82) is 0 Å². The topological polar surface area (TPSA) is 312 Å². The predicted octanol–water partition coefficient (Wildman–Crippen LogP) is -0.157. The second kappa shape index (κ2) is 18.0. The van der Waals surface area contributed by atoms with Crippen molar-refractivity contribution in [2.45, 2.75) is 204 Å². The first kappa shape index (κ1) is 50.5. The molecule has 3 heterocycles. The molecule has 8 aliphatic rings. The maximum absolute atomic E-state index is 14.6. The lowest BCUT2D eigenvalue weighted by Crippen LogP contribution is -2.66. The van der Waals surface area contributed by atoms with Crippen LogP contribution in [0.5, 0.6) is 0 Å². The first-order valence-corrected chi connectivity index (χ1v) is 23.9. The maximum atomic E-state index is 14.6. The molecule has 0 aromatic carbocycles. The minimum absolute atomic E-state index is 0.0611. The molecule has 8 rings (SSSR count). The molecule has 19 heteroatoms. The minimum atomic E-state index is -1.97. The molecule has 0 aromatic heterocycles. The van der Waals surface area contributed by atoms with Crippen molar-refractivity contribution in [2.24, 2.45) is 50.7 Å². The number of esters is 1. The number of carboxylic acid groups (broad SMARTS) is 1. The van der Waals surface area contributed by atoms with Crippen molar-refractivity contribution >= 4 is 11.9 Å². The number of carbonyl (C=O) groups is 2. The number of carbonyl (C=O) groups excluding carboxylic acids is 1. The zero-order chi connectivity index (χ0) is 48.2. The van der Waals surface area contributed by atoms with E-state index in [0.717, 1.165) is 44.9 Å². The largest absolute Gasteiger partial charge is 0.479 e. The summed E-state index contributed by atoms with van der Waals surface area (Å²) in [5.41, 5.74) is -0.520. The molecule has 0 aromatic rings. The van der Waals surface area contributed by atoms with Gasteiger partial charge in [-0.3, -0.25) is 4.79 Å². The second-order valence-electron chi connectivity index (χ2n) is 22.9. The van der Waals surface area contributed by atoms with Gasteiger partial charge in [-0.15, -0.1) is 0 Å². The Hall–Kier alpha value is -1.92.